The Morgan fingerprint density at radius 1 is 1.25 bits per heavy atom. The van der Waals surface area contributed by atoms with Crippen LogP contribution in [-0.4, -0.2) is 75.6 Å². The quantitative estimate of drug-likeness (QED) is 0.712. The van der Waals surface area contributed by atoms with Gasteiger partial charge >= 0.3 is 5.97 Å². The molecular weight excluding hydrogens is 434 g/mol. The zero-order valence-corrected chi connectivity index (χ0v) is 18.0. The normalized spacial score (nSPS) is 23.2. The third kappa shape index (κ3) is 4.26. The summed E-state index contributed by atoms with van der Waals surface area (Å²) in [5.74, 6) is -0.985. The maximum Gasteiger partial charge on any atom is 0.354 e. The smallest absolute Gasteiger partial charge is 0.354 e. The first-order valence-electron chi connectivity index (χ1n) is 10.5. The number of aromatic nitrogens is 3. The van der Waals surface area contributed by atoms with Gasteiger partial charge in [-0.25, -0.2) is 9.78 Å². The fourth-order valence-corrected chi connectivity index (χ4v) is 4.24. The molecule has 2 aromatic rings. The fraction of sp³-hybridized carbons (Fsp3) is 0.364. The highest BCUT2D eigenvalue weighted by molar-refractivity contribution is 6.40. The molecule has 2 atom stereocenters. The van der Waals surface area contributed by atoms with Crippen LogP contribution in [-0.2, 0) is 9.53 Å². The third-order valence-electron chi connectivity index (χ3n) is 5.63. The third-order valence-corrected chi connectivity index (χ3v) is 5.93. The van der Waals surface area contributed by atoms with Gasteiger partial charge in [0, 0.05) is 24.7 Å². The molecule has 1 saturated heterocycles. The van der Waals surface area contributed by atoms with E-state index in [0.717, 1.165) is 38.4 Å². The summed E-state index contributed by atoms with van der Waals surface area (Å²) in [6.07, 6.45) is 9.98. The molecule has 32 heavy (non-hydrogen) atoms. The van der Waals surface area contributed by atoms with E-state index >= 15 is 0 Å². The highest BCUT2D eigenvalue weighted by Gasteiger charge is 2.22. The van der Waals surface area contributed by atoms with Gasteiger partial charge in [-0.3, -0.25) is 4.99 Å². The molecule has 0 radical (unpaired) electrons. The first kappa shape index (κ1) is 20.7. The maximum absolute atomic E-state index is 11.0. The molecule has 0 bridgehead atoms. The van der Waals surface area contributed by atoms with Gasteiger partial charge < -0.3 is 24.5 Å². The van der Waals surface area contributed by atoms with Gasteiger partial charge in [-0.15, -0.1) is 0 Å². The predicted molar refractivity (Wildman–Crippen MR) is 119 cm³/mol. The van der Waals surface area contributed by atoms with Crippen molar-refractivity contribution in [1.82, 2.24) is 19.9 Å². The summed E-state index contributed by atoms with van der Waals surface area (Å²) in [7, 11) is 0. The Kier molecular flexibility index (Phi) is 5.67. The molecule has 1 fully saturated rings. The van der Waals surface area contributed by atoms with Crippen LogP contribution in [0.4, 0.5) is 0 Å². The molecule has 0 saturated carbocycles. The molecule has 2 aromatic heterocycles. The van der Waals surface area contributed by atoms with E-state index in [0.29, 0.717) is 16.2 Å². The maximum atomic E-state index is 11.0. The zero-order valence-electron chi connectivity index (χ0n) is 17.2. The molecule has 2 aliphatic heterocycles. The highest BCUT2D eigenvalue weighted by atomic mass is 35.5. The Labute approximate surface area is 189 Å². The number of allylic oxidation sites excluding steroid dienone is 3. The van der Waals surface area contributed by atoms with Crippen molar-refractivity contribution >= 4 is 34.4 Å². The monoisotopic (exact) mass is 455 g/mol. The number of ether oxygens (including phenoxy) is 2. The van der Waals surface area contributed by atoms with Gasteiger partial charge in [0.05, 0.1) is 36.0 Å². The fourth-order valence-electron chi connectivity index (χ4n) is 3.95. The molecule has 0 amide bonds. The standard InChI is InChI=1S/C22H22ClN5O4/c23-16-11-18-20(27-22(25-18)32-15-5-6-17(21(29)30)24-12-15)26-19(16)13-1-3-14(4-2-13)28-7-9-31-10-8-28/h1,3-6,11,13,15H,2,7-10,12H2,(H,29,30)(H,25,26,27). The van der Waals surface area contributed by atoms with E-state index in [2.05, 4.69) is 38.1 Å². The molecule has 0 spiro atoms. The van der Waals surface area contributed by atoms with Crippen molar-refractivity contribution in [3.05, 3.63) is 52.9 Å². The van der Waals surface area contributed by atoms with Gasteiger partial charge in [0.15, 0.2) is 5.65 Å². The van der Waals surface area contributed by atoms with Crippen molar-refractivity contribution in [3.63, 3.8) is 0 Å². The SMILES string of the molecule is O=C(O)C1=NCC(Oc2nc3nc(C4C=CC(N5CCOCC5)=CC4)c(Cl)cc3[nH]2)C=C1. The largest absolute Gasteiger partial charge is 0.477 e. The van der Waals surface area contributed by atoms with E-state index in [1.165, 1.54) is 11.8 Å². The summed E-state index contributed by atoms with van der Waals surface area (Å²) in [4.78, 5) is 29.5. The van der Waals surface area contributed by atoms with E-state index in [9.17, 15) is 4.79 Å². The van der Waals surface area contributed by atoms with Crippen LogP contribution in [0.3, 0.4) is 0 Å². The lowest BCUT2D eigenvalue weighted by atomic mass is 9.95. The van der Waals surface area contributed by atoms with Crippen LogP contribution in [0.2, 0.25) is 5.02 Å². The molecule has 166 valence electrons. The molecule has 1 aliphatic carbocycles. The Bertz CT molecular complexity index is 1160. The lowest BCUT2D eigenvalue weighted by molar-refractivity contribution is -0.129. The number of imidazole rings is 1. The zero-order chi connectivity index (χ0) is 22.1. The molecule has 2 N–H and O–H groups in total. The number of H-pyrrole nitrogens is 1. The lowest BCUT2D eigenvalue weighted by Crippen LogP contribution is -2.35. The number of morpholine rings is 1. The molecule has 9 nitrogen and oxygen atoms in total. The second kappa shape index (κ2) is 8.76. The van der Waals surface area contributed by atoms with E-state index in [4.69, 9.17) is 31.2 Å². The molecule has 0 aromatic carbocycles. The summed E-state index contributed by atoms with van der Waals surface area (Å²) in [5.41, 5.74) is 3.20. The second-order valence-electron chi connectivity index (χ2n) is 7.74. The minimum Gasteiger partial charge on any atom is -0.477 e. The number of nitrogens with zero attached hydrogens (tertiary/aromatic N) is 4. The number of hydrogen-bond acceptors (Lipinski definition) is 7. The van der Waals surface area contributed by atoms with Crippen molar-refractivity contribution in [1.29, 1.82) is 0 Å². The van der Waals surface area contributed by atoms with Crippen molar-refractivity contribution in [3.8, 4) is 6.01 Å². The molecule has 3 aliphatic rings. The minimum atomic E-state index is -1.06. The second-order valence-corrected chi connectivity index (χ2v) is 8.15. The molecule has 2 unspecified atom stereocenters. The number of halogens is 1. The summed E-state index contributed by atoms with van der Waals surface area (Å²) in [6.45, 7) is 3.53. The number of pyridine rings is 1. The number of aliphatic carboxylic acids is 1. The molecule has 10 heteroatoms. The van der Waals surface area contributed by atoms with Crippen LogP contribution < -0.4 is 4.74 Å². The van der Waals surface area contributed by atoms with Crippen LogP contribution in [0.15, 0.2) is 47.1 Å². The van der Waals surface area contributed by atoms with Gasteiger partial charge in [-0.05, 0) is 30.7 Å². The number of fused-ring (bicyclic) bond motifs is 1. The van der Waals surface area contributed by atoms with E-state index in [1.807, 2.05) is 6.07 Å². The van der Waals surface area contributed by atoms with Crippen LogP contribution in [0.25, 0.3) is 11.2 Å². The number of aliphatic imine (C=N–C) groups is 1. The van der Waals surface area contributed by atoms with Crippen LogP contribution in [0.5, 0.6) is 6.01 Å². The van der Waals surface area contributed by atoms with Gasteiger partial charge in [0.25, 0.3) is 6.01 Å². The Hall–Kier alpha value is -3.17. The average molecular weight is 456 g/mol. The first-order valence-corrected chi connectivity index (χ1v) is 10.8. The number of hydrogen-bond donors (Lipinski definition) is 2. The van der Waals surface area contributed by atoms with Gasteiger partial charge in [-0.2, -0.15) is 4.98 Å². The Morgan fingerprint density at radius 2 is 2.09 bits per heavy atom. The number of rotatable bonds is 5. The number of carboxylic acid groups (broad SMARTS) is 1. The number of dihydropyridines is 1. The van der Waals surface area contributed by atoms with E-state index in [1.54, 1.807) is 6.08 Å². The summed E-state index contributed by atoms with van der Waals surface area (Å²) < 4.78 is 11.2. The lowest BCUT2D eigenvalue weighted by Gasteiger charge is -2.31. The summed E-state index contributed by atoms with van der Waals surface area (Å²) >= 11 is 6.55. The van der Waals surface area contributed by atoms with Gasteiger partial charge in [0.2, 0.25) is 0 Å². The summed E-state index contributed by atoms with van der Waals surface area (Å²) in [5, 5.41) is 9.54. The number of carboxylic acids is 1. The van der Waals surface area contributed by atoms with Crippen LogP contribution in [0, 0.1) is 0 Å². The van der Waals surface area contributed by atoms with Gasteiger partial charge in [-0.1, -0.05) is 23.8 Å². The van der Waals surface area contributed by atoms with Gasteiger partial charge in [0.1, 0.15) is 11.8 Å². The number of carbonyl (C=O) groups is 1. The van der Waals surface area contributed by atoms with E-state index in [-0.39, 0.29) is 24.2 Å². The van der Waals surface area contributed by atoms with E-state index < -0.39 is 12.1 Å². The van der Waals surface area contributed by atoms with Crippen LogP contribution >= 0.6 is 11.6 Å². The predicted octanol–water partition coefficient (Wildman–Crippen LogP) is 2.71. The molecule has 5 rings (SSSR count). The Balaban J connectivity index is 1.29. The average Bonchev–Trinajstić information content (AvgIpc) is 3.20. The van der Waals surface area contributed by atoms with Crippen molar-refractivity contribution in [2.24, 2.45) is 4.99 Å². The molecular formula is C22H22ClN5O4. The highest BCUT2D eigenvalue weighted by Crippen LogP contribution is 2.33. The summed E-state index contributed by atoms with van der Waals surface area (Å²) in [6, 6.07) is 2.10. The van der Waals surface area contributed by atoms with Crippen LogP contribution in [0.1, 0.15) is 18.0 Å². The number of aromatic amines is 1. The molecule has 4 heterocycles. The first-order chi connectivity index (χ1) is 15.6. The van der Waals surface area contributed by atoms with Crippen molar-refractivity contribution < 1.29 is 19.4 Å². The van der Waals surface area contributed by atoms with Crippen molar-refractivity contribution in [2.45, 2.75) is 18.4 Å². The minimum absolute atomic E-state index is 0.0129. The Morgan fingerprint density at radius 3 is 2.78 bits per heavy atom. The number of nitrogens with one attached hydrogen (secondary N) is 1. The topological polar surface area (TPSA) is 113 Å². The van der Waals surface area contributed by atoms with Crippen molar-refractivity contribution in [2.75, 3.05) is 32.8 Å².